The Morgan fingerprint density at radius 1 is 1.14 bits per heavy atom. The van der Waals surface area contributed by atoms with Crippen molar-refractivity contribution in [2.24, 2.45) is 5.92 Å². The summed E-state index contributed by atoms with van der Waals surface area (Å²) in [5, 5.41) is 19.2. The van der Waals surface area contributed by atoms with Crippen molar-refractivity contribution in [1.29, 1.82) is 0 Å². The number of carbonyl (C=O) groups excluding carboxylic acids is 2. The number of amides is 2. The summed E-state index contributed by atoms with van der Waals surface area (Å²) in [5.41, 5.74) is 2.99. The Balaban J connectivity index is 1.36. The van der Waals surface area contributed by atoms with Crippen LogP contribution in [0.15, 0.2) is 36.7 Å². The highest BCUT2D eigenvalue weighted by Gasteiger charge is 2.23. The molecule has 0 aliphatic heterocycles. The first kappa shape index (κ1) is 25.4. The molecule has 0 spiro atoms. The first-order valence-corrected chi connectivity index (χ1v) is 12.1. The lowest BCUT2D eigenvalue weighted by Gasteiger charge is -2.28. The lowest BCUT2D eigenvalue weighted by Crippen LogP contribution is -2.39. The van der Waals surface area contributed by atoms with E-state index in [9.17, 15) is 14.0 Å². The number of aryl methyl sites for hydroxylation is 2. The fraction of sp³-hybridized carbons (Fsp3) is 0.423. The van der Waals surface area contributed by atoms with Gasteiger partial charge in [0, 0.05) is 30.4 Å². The smallest absolute Gasteiger partial charge is 0.270 e. The van der Waals surface area contributed by atoms with Gasteiger partial charge in [0.1, 0.15) is 24.4 Å². The normalized spacial score (nSPS) is 17.6. The molecule has 3 N–H and O–H groups in total. The van der Waals surface area contributed by atoms with Crippen LogP contribution in [0.4, 0.5) is 4.39 Å². The highest BCUT2D eigenvalue weighted by molar-refractivity contribution is 5.93. The second-order valence-electron chi connectivity index (χ2n) is 9.38. The van der Waals surface area contributed by atoms with Crippen LogP contribution in [-0.2, 0) is 17.9 Å². The third kappa shape index (κ3) is 6.51. The molecule has 36 heavy (non-hydrogen) atoms. The van der Waals surface area contributed by atoms with E-state index in [1.54, 1.807) is 31.5 Å². The predicted molar refractivity (Wildman–Crippen MR) is 131 cm³/mol. The third-order valence-electron chi connectivity index (χ3n) is 6.46. The number of halogens is 1. The molecule has 1 saturated carbocycles. The second-order valence-corrected chi connectivity index (χ2v) is 9.38. The molecule has 4 rings (SSSR count). The summed E-state index contributed by atoms with van der Waals surface area (Å²) in [6.45, 7) is 4.01. The number of rotatable bonds is 8. The zero-order valence-corrected chi connectivity index (χ0v) is 20.5. The molecule has 2 aromatic heterocycles. The zero-order chi connectivity index (χ0) is 25.7. The van der Waals surface area contributed by atoms with Crippen LogP contribution in [-0.4, -0.2) is 49.3 Å². The van der Waals surface area contributed by atoms with Crippen LogP contribution in [0, 0.1) is 25.6 Å². The van der Waals surface area contributed by atoms with Crippen LogP contribution in [0.25, 0.3) is 11.4 Å². The van der Waals surface area contributed by atoms with Crippen LogP contribution in [0.5, 0.6) is 0 Å². The van der Waals surface area contributed by atoms with Gasteiger partial charge in [-0.2, -0.15) is 5.10 Å². The molecule has 1 aliphatic carbocycles. The lowest BCUT2D eigenvalue weighted by atomic mass is 9.86. The molecule has 1 fully saturated rings. The molecule has 1 aromatic carbocycles. The summed E-state index contributed by atoms with van der Waals surface area (Å²) >= 11 is 0. The van der Waals surface area contributed by atoms with E-state index in [1.165, 1.54) is 6.07 Å². The summed E-state index contributed by atoms with van der Waals surface area (Å²) in [6.07, 6.45) is 5.35. The van der Waals surface area contributed by atoms with E-state index in [4.69, 9.17) is 5.11 Å². The van der Waals surface area contributed by atoms with Crippen molar-refractivity contribution in [3.8, 4) is 11.4 Å². The van der Waals surface area contributed by atoms with Gasteiger partial charge in [-0.05, 0) is 74.8 Å². The molecule has 1 aliphatic rings. The van der Waals surface area contributed by atoms with Gasteiger partial charge in [-0.1, -0.05) is 12.1 Å². The SMILES string of the molecule is Cc1cc(-c2ncn(CC3CCC(NC(=O)CO)CC3)n2)cc(C(=O)NCc2ccc(F)c(C)c2)n1. The van der Waals surface area contributed by atoms with Crippen molar-refractivity contribution in [2.45, 2.75) is 58.7 Å². The van der Waals surface area contributed by atoms with Gasteiger partial charge in [0.15, 0.2) is 5.82 Å². The molecule has 0 bridgehead atoms. The van der Waals surface area contributed by atoms with Crippen molar-refractivity contribution >= 4 is 11.8 Å². The third-order valence-corrected chi connectivity index (χ3v) is 6.46. The Bertz CT molecular complexity index is 1240. The number of aromatic nitrogens is 4. The highest BCUT2D eigenvalue weighted by Crippen LogP contribution is 2.26. The molecule has 190 valence electrons. The van der Waals surface area contributed by atoms with E-state index in [1.807, 2.05) is 17.7 Å². The van der Waals surface area contributed by atoms with Crippen molar-refractivity contribution in [3.05, 3.63) is 65.0 Å². The first-order chi connectivity index (χ1) is 17.3. The molecule has 3 aromatic rings. The Labute approximate surface area is 209 Å². The fourth-order valence-corrected chi connectivity index (χ4v) is 4.55. The van der Waals surface area contributed by atoms with Crippen LogP contribution in [0.1, 0.15) is 53.0 Å². The molecular weight excluding hydrogens is 463 g/mol. The number of nitrogens with zero attached hydrogens (tertiary/aromatic N) is 4. The molecule has 2 heterocycles. The number of pyridine rings is 1. The maximum atomic E-state index is 13.5. The number of nitrogens with one attached hydrogen (secondary N) is 2. The maximum absolute atomic E-state index is 13.5. The summed E-state index contributed by atoms with van der Waals surface area (Å²) in [7, 11) is 0. The van der Waals surface area contributed by atoms with E-state index < -0.39 is 6.61 Å². The highest BCUT2D eigenvalue weighted by atomic mass is 19.1. The molecule has 9 nitrogen and oxygen atoms in total. The van der Waals surface area contributed by atoms with Crippen molar-refractivity contribution in [1.82, 2.24) is 30.4 Å². The number of hydrogen-bond donors (Lipinski definition) is 3. The van der Waals surface area contributed by atoms with Gasteiger partial charge in [0.25, 0.3) is 5.91 Å². The molecule has 2 amide bonds. The molecule has 10 heteroatoms. The molecule has 0 unspecified atom stereocenters. The van der Waals surface area contributed by atoms with E-state index >= 15 is 0 Å². The molecule has 0 atom stereocenters. The van der Waals surface area contributed by atoms with E-state index in [0.717, 1.165) is 37.8 Å². The Hall–Kier alpha value is -3.66. The van der Waals surface area contributed by atoms with Gasteiger partial charge in [-0.3, -0.25) is 14.3 Å². The molecule has 0 radical (unpaired) electrons. The quantitative estimate of drug-likeness (QED) is 0.443. The van der Waals surface area contributed by atoms with E-state index in [0.29, 0.717) is 28.6 Å². The van der Waals surface area contributed by atoms with Crippen LogP contribution >= 0.6 is 0 Å². The summed E-state index contributed by atoms with van der Waals surface area (Å²) < 4.78 is 15.3. The summed E-state index contributed by atoms with van der Waals surface area (Å²) in [6, 6.07) is 8.37. The molecule has 0 saturated heterocycles. The number of carbonyl (C=O) groups is 2. The Morgan fingerprint density at radius 2 is 1.92 bits per heavy atom. The standard InChI is InChI=1S/C26H31FN6O3/c1-16-9-19(5-8-22(16)27)12-28-26(36)23-11-20(10-17(2)30-23)25-29-15-33(32-25)13-18-3-6-21(7-4-18)31-24(35)14-34/h5,8-11,15,18,21,34H,3-4,6-7,12-14H2,1-2H3,(H,28,36)(H,31,35). The van der Waals surface area contributed by atoms with Gasteiger partial charge >= 0.3 is 0 Å². The van der Waals surface area contributed by atoms with Crippen LogP contribution in [0.3, 0.4) is 0 Å². The van der Waals surface area contributed by atoms with E-state index in [-0.39, 0.29) is 35.9 Å². The average Bonchev–Trinajstić information content (AvgIpc) is 3.34. The van der Waals surface area contributed by atoms with E-state index in [2.05, 4.69) is 25.7 Å². The monoisotopic (exact) mass is 494 g/mol. The second kappa shape index (κ2) is 11.4. The number of aliphatic hydroxyl groups excluding tert-OH is 1. The lowest BCUT2D eigenvalue weighted by molar-refractivity contribution is -0.124. The van der Waals surface area contributed by atoms with Crippen LogP contribution in [0.2, 0.25) is 0 Å². The average molecular weight is 495 g/mol. The summed E-state index contributed by atoms with van der Waals surface area (Å²) in [4.78, 5) is 32.9. The minimum absolute atomic E-state index is 0.114. The van der Waals surface area contributed by atoms with Gasteiger partial charge in [0.05, 0.1) is 0 Å². The number of aliphatic hydroxyl groups is 1. The maximum Gasteiger partial charge on any atom is 0.270 e. The van der Waals surface area contributed by atoms with Crippen molar-refractivity contribution in [3.63, 3.8) is 0 Å². The van der Waals surface area contributed by atoms with Crippen molar-refractivity contribution < 1.29 is 19.1 Å². The largest absolute Gasteiger partial charge is 0.387 e. The minimum atomic E-state index is -0.479. The minimum Gasteiger partial charge on any atom is -0.387 e. The zero-order valence-electron chi connectivity index (χ0n) is 20.5. The van der Waals surface area contributed by atoms with Gasteiger partial charge in [-0.15, -0.1) is 0 Å². The number of hydrogen-bond acceptors (Lipinski definition) is 6. The van der Waals surface area contributed by atoms with Gasteiger partial charge in [-0.25, -0.2) is 14.4 Å². The van der Waals surface area contributed by atoms with Gasteiger partial charge < -0.3 is 15.7 Å². The predicted octanol–water partition coefficient (Wildman–Crippen LogP) is 2.69. The van der Waals surface area contributed by atoms with Crippen LogP contribution < -0.4 is 10.6 Å². The van der Waals surface area contributed by atoms with Crippen molar-refractivity contribution in [2.75, 3.05) is 6.61 Å². The van der Waals surface area contributed by atoms with Gasteiger partial charge in [0.2, 0.25) is 5.91 Å². The topological polar surface area (TPSA) is 122 Å². The Morgan fingerprint density at radius 3 is 2.64 bits per heavy atom. The number of benzene rings is 1. The summed E-state index contributed by atoms with van der Waals surface area (Å²) in [5.74, 6) is 0.0169. The fourth-order valence-electron chi connectivity index (χ4n) is 4.55. The molecular formula is C26H31FN6O3. The first-order valence-electron chi connectivity index (χ1n) is 12.1. The Kier molecular flexibility index (Phi) is 8.04.